The third-order valence-electron chi connectivity index (χ3n) is 4.75. The van der Waals surface area contributed by atoms with Gasteiger partial charge in [-0.1, -0.05) is 0 Å². The number of carbonyl (C=O) groups is 2. The quantitative estimate of drug-likeness (QED) is 0.795. The molecule has 1 saturated heterocycles. The molecule has 1 aliphatic carbocycles. The Balaban J connectivity index is 0.000000345. The minimum atomic E-state index is -5.08. The smallest absolute Gasteiger partial charge is 0.490 e. The van der Waals surface area contributed by atoms with Crippen molar-refractivity contribution < 1.29 is 37.3 Å². The second-order valence-corrected chi connectivity index (χ2v) is 6.56. The summed E-state index contributed by atoms with van der Waals surface area (Å²) in [5, 5.41) is 7.12. The molecule has 1 aliphatic heterocycles. The van der Waals surface area contributed by atoms with E-state index >= 15 is 0 Å². The predicted molar refractivity (Wildman–Crippen MR) is 90.6 cm³/mol. The van der Waals surface area contributed by atoms with Crippen LogP contribution in [0.2, 0.25) is 0 Å². The van der Waals surface area contributed by atoms with E-state index in [-0.39, 0.29) is 17.6 Å². The van der Waals surface area contributed by atoms with Crippen LogP contribution in [0, 0.1) is 5.92 Å². The number of ether oxygens (including phenoxy) is 2. The van der Waals surface area contributed by atoms with E-state index in [1.165, 1.54) is 0 Å². The molecule has 2 amide bonds. The molecule has 8 nitrogen and oxygen atoms in total. The number of carboxylic acid groups (broad SMARTS) is 1. The summed E-state index contributed by atoms with van der Waals surface area (Å²) in [6.07, 6.45) is 1.44. The summed E-state index contributed by atoms with van der Waals surface area (Å²) in [5.74, 6) is -1.71. The van der Waals surface area contributed by atoms with Gasteiger partial charge in [0.2, 0.25) is 0 Å². The molecule has 2 aliphatic rings. The van der Waals surface area contributed by atoms with Gasteiger partial charge >= 0.3 is 18.2 Å². The number of aromatic nitrogens is 1. The number of morpholine rings is 1. The van der Waals surface area contributed by atoms with Crippen LogP contribution in [0.5, 0.6) is 5.75 Å². The monoisotopic (exact) mass is 405 g/mol. The fourth-order valence-corrected chi connectivity index (χ4v) is 3.37. The molecule has 28 heavy (non-hydrogen) atoms. The van der Waals surface area contributed by atoms with E-state index in [9.17, 15) is 18.0 Å². The molecule has 0 bridgehead atoms. The Morgan fingerprint density at radius 1 is 1.46 bits per heavy atom. The molecule has 3 N–H and O–H groups in total. The third kappa shape index (κ3) is 5.72. The van der Waals surface area contributed by atoms with Gasteiger partial charge in [-0.25, -0.2) is 9.59 Å². The van der Waals surface area contributed by atoms with E-state index in [0.29, 0.717) is 26.3 Å². The second-order valence-electron chi connectivity index (χ2n) is 6.56. The molecule has 1 aromatic heterocycles. The largest absolute Gasteiger partial charge is 0.492 e. The van der Waals surface area contributed by atoms with Crippen molar-refractivity contribution >= 4 is 12.0 Å². The number of nitrogens with two attached hydrogens (primary N) is 1. The van der Waals surface area contributed by atoms with Crippen LogP contribution in [0.25, 0.3) is 0 Å². The zero-order chi connectivity index (χ0) is 20.8. The van der Waals surface area contributed by atoms with Gasteiger partial charge in [-0.2, -0.15) is 13.2 Å². The fourth-order valence-electron chi connectivity index (χ4n) is 3.37. The first-order chi connectivity index (χ1) is 13.1. The van der Waals surface area contributed by atoms with Crippen LogP contribution in [0.4, 0.5) is 18.0 Å². The molecule has 1 aromatic rings. The Kier molecular flexibility index (Phi) is 7.05. The molecule has 0 radical (unpaired) electrons. The number of carboxylic acids is 1. The average molecular weight is 405 g/mol. The van der Waals surface area contributed by atoms with E-state index in [1.807, 2.05) is 12.1 Å². The maximum absolute atomic E-state index is 11.4. The molecular formula is C17H22F3N3O5. The Morgan fingerprint density at radius 3 is 2.75 bits per heavy atom. The number of amides is 2. The van der Waals surface area contributed by atoms with Gasteiger partial charge in [-0.05, 0) is 31.4 Å². The summed E-state index contributed by atoms with van der Waals surface area (Å²) < 4.78 is 43.6. The van der Waals surface area contributed by atoms with E-state index < -0.39 is 12.1 Å². The Morgan fingerprint density at radius 2 is 2.18 bits per heavy atom. The molecule has 0 unspecified atom stereocenters. The van der Waals surface area contributed by atoms with Gasteiger partial charge in [0.25, 0.3) is 0 Å². The van der Waals surface area contributed by atoms with Crippen LogP contribution in [0.15, 0.2) is 24.5 Å². The number of hydrogen-bond acceptors (Lipinski definition) is 5. The van der Waals surface area contributed by atoms with Gasteiger partial charge in [-0.15, -0.1) is 0 Å². The van der Waals surface area contributed by atoms with Gasteiger partial charge in [0.1, 0.15) is 5.75 Å². The zero-order valence-corrected chi connectivity index (χ0v) is 15.0. The summed E-state index contributed by atoms with van der Waals surface area (Å²) in [4.78, 5) is 26.1. The molecule has 11 heteroatoms. The maximum atomic E-state index is 11.4. The first kappa shape index (κ1) is 21.7. The first-order valence-corrected chi connectivity index (χ1v) is 8.65. The first-order valence-electron chi connectivity index (χ1n) is 8.65. The van der Waals surface area contributed by atoms with Crippen molar-refractivity contribution in [2.24, 2.45) is 11.7 Å². The van der Waals surface area contributed by atoms with Gasteiger partial charge in [0, 0.05) is 18.7 Å². The molecule has 2 fully saturated rings. The Hall–Kier alpha value is -2.56. The number of aliphatic carboxylic acids is 1. The molecule has 2 heterocycles. The number of nitrogens with zero attached hydrogens (tertiary/aromatic N) is 2. The summed E-state index contributed by atoms with van der Waals surface area (Å²) in [7, 11) is 0. The van der Waals surface area contributed by atoms with Crippen molar-refractivity contribution in [2.75, 3.05) is 26.3 Å². The standard InChI is InChI=1S/C15H21N3O3.C2HF3O2/c16-14(19)18-7-8-21-15(11-18)5-1-3-12(15)10-20-13-4-2-6-17-9-13;3-2(4,5)1(6)7/h2,4,6,9,12H,1,3,5,7-8,10-11H2,(H2,16,19);(H,6,7)/t12-,15-;/m1./s1. The van der Waals surface area contributed by atoms with Crippen LogP contribution in [-0.4, -0.2) is 65.1 Å². The fraction of sp³-hybridized carbons (Fsp3) is 0.588. The summed E-state index contributed by atoms with van der Waals surface area (Å²) in [6, 6.07) is 3.38. The number of halogens is 3. The Bertz CT molecular complexity index is 674. The van der Waals surface area contributed by atoms with Crippen molar-refractivity contribution in [1.29, 1.82) is 0 Å². The van der Waals surface area contributed by atoms with E-state index in [0.717, 1.165) is 25.0 Å². The highest BCUT2D eigenvalue weighted by molar-refractivity contribution is 5.73. The lowest BCUT2D eigenvalue weighted by Gasteiger charge is -2.43. The maximum Gasteiger partial charge on any atom is 0.490 e. The Labute approximate surface area is 159 Å². The minimum Gasteiger partial charge on any atom is -0.492 e. The molecule has 1 spiro atoms. The van der Waals surface area contributed by atoms with Crippen molar-refractivity contribution in [3.05, 3.63) is 24.5 Å². The third-order valence-corrected chi connectivity index (χ3v) is 4.75. The summed E-state index contributed by atoms with van der Waals surface area (Å²) in [5.41, 5.74) is 5.12. The zero-order valence-electron chi connectivity index (χ0n) is 15.0. The lowest BCUT2D eigenvalue weighted by Crippen LogP contribution is -2.57. The highest BCUT2D eigenvalue weighted by Gasteiger charge is 2.48. The molecular weight excluding hydrogens is 383 g/mol. The van der Waals surface area contributed by atoms with Crippen LogP contribution in [0.1, 0.15) is 19.3 Å². The van der Waals surface area contributed by atoms with Gasteiger partial charge in [-0.3, -0.25) is 4.98 Å². The SMILES string of the molecule is NC(=O)N1CCO[C@]2(CCC[C@@H]2COc2cccnc2)C1.O=C(O)C(F)(F)F. The normalized spacial score (nSPS) is 24.4. The lowest BCUT2D eigenvalue weighted by atomic mass is 9.89. The van der Waals surface area contributed by atoms with E-state index in [1.54, 1.807) is 17.3 Å². The van der Waals surface area contributed by atoms with E-state index in [4.69, 9.17) is 25.1 Å². The number of hydrogen-bond donors (Lipinski definition) is 2. The number of carbonyl (C=O) groups excluding carboxylic acids is 1. The summed E-state index contributed by atoms with van der Waals surface area (Å²) >= 11 is 0. The molecule has 2 atom stereocenters. The number of urea groups is 1. The van der Waals surface area contributed by atoms with Gasteiger partial charge in [0.15, 0.2) is 0 Å². The predicted octanol–water partition coefficient (Wildman–Crippen LogP) is 2.04. The van der Waals surface area contributed by atoms with Gasteiger partial charge in [0.05, 0.1) is 31.6 Å². The van der Waals surface area contributed by atoms with Crippen LogP contribution >= 0.6 is 0 Å². The topological polar surface area (TPSA) is 115 Å². The molecule has 156 valence electrons. The number of alkyl halides is 3. The molecule has 0 aromatic carbocycles. The average Bonchev–Trinajstić information content (AvgIpc) is 3.02. The molecule has 1 saturated carbocycles. The van der Waals surface area contributed by atoms with Gasteiger partial charge < -0.3 is 25.2 Å². The number of pyridine rings is 1. The highest BCUT2D eigenvalue weighted by Crippen LogP contribution is 2.41. The van der Waals surface area contributed by atoms with Crippen LogP contribution in [0.3, 0.4) is 0 Å². The van der Waals surface area contributed by atoms with Crippen molar-refractivity contribution in [3.8, 4) is 5.75 Å². The second kappa shape index (κ2) is 9.09. The van der Waals surface area contributed by atoms with E-state index in [2.05, 4.69) is 4.98 Å². The summed E-state index contributed by atoms with van der Waals surface area (Å²) in [6.45, 7) is 2.28. The van der Waals surface area contributed by atoms with Crippen molar-refractivity contribution in [1.82, 2.24) is 9.88 Å². The van der Waals surface area contributed by atoms with Crippen LogP contribution < -0.4 is 10.5 Å². The minimum absolute atomic E-state index is 0.278. The highest BCUT2D eigenvalue weighted by atomic mass is 19.4. The molecule has 3 rings (SSSR count). The number of primary amides is 1. The van der Waals surface area contributed by atoms with Crippen LogP contribution in [-0.2, 0) is 9.53 Å². The van der Waals surface area contributed by atoms with Crippen molar-refractivity contribution in [2.45, 2.75) is 31.0 Å². The lowest BCUT2D eigenvalue weighted by molar-refractivity contribution is -0.192. The van der Waals surface area contributed by atoms with Crippen molar-refractivity contribution in [3.63, 3.8) is 0 Å². The number of rotatable bonds is 3.